The maximum atomic E-state index is 8.62. The molecule has 0 saturated carbocycles. The van der Waals surface area contributed by atoms with E-state index in [0.29, 0.717) is 0 Å². The summed E-state index contributed by atoms with van der Waals surface area (Å²) in [6.07, 6.45) is 8.80. The Kier molecular flexibility index (Phi) is 11.6. The quantitative estimate of drug-likeness (QED) is 0.436. The summed E-state index contributed by atoms with van der Waals surface area (Å²) >= 11 is 4.33. The molecule has 0 aromatic rings. The first-order chi connectivity index (χ1) is 6.81. The number of thiol groups is 1. The van der Waals surface area contributed by atoms with Crippen LogP contribution in [0.4, 0.5) is 0 Å². The highest BCUT2D eigenvalue weighted by atomic mass is 32.1. The van der Waals surface area contributed by atoms with Crippen LogP contribution in [0.25, 0.3) is 0 Å². The minimum Gasteiger partial charge on any atom is -0.396 e. The van der Waals surface area contributed by atoms with Crippen molar-refractivity contribution in [2.75, 3.05) is 19.7 Å². The lowest BCUT2D eigenvalue weighted by Gasteiger charge is -2.13. The summed E-state index contributed by atoms with van der Waals surface area (Å²) < 4.78 is 2.01. The predicted octanol–water partition coefficient (Wildman–Crippen LogP) is 2.88. The van der Waals surface area contributed by atoms with Gasteiger partial charge in [0.05, 0.1) is 0 Å². The molecule has 0 atom stereocenters. The number of hydrogen-bond acceptors (Lipinski definition) is 3. The maximum Gasteiger partial charge on any atom is 0.0443 e. The van der Waals surface area contributed by atoms with E-state index in [4.69, 9.17) is 5.11 Å². The maximum absolute atomic E-state index is 8.62. The van der Waals surface area contributed by atoms with E-state index in [2.05, 4.69) is 19.7 Å². The first-order valence-electron chi connectivity index (χ1n) is 5.86. The van der Waals surface area contributed by atoms with E-state index in [1.165, 1.54) is 38.5 Å². The first-order valence-corrected chi connectivity index (χ1v) is 6.26. The second-order valence-corrected chi connectivity index (χ2v) is 4.36. The van der Waals surface area contributed by atoms with Crippen LogP contribution in [0.2, 0.25) is 0 Å². The highest BCUT2D eigenvalue weighted by Crippen LogP contribution is 2.06. The molecule has 0 bridgehead atoms. The van der Waals surface area contributed by atoms with Crippen LogP contribution >= 0.6 is 12.8 Å². The molecular weight excluding hydrogens is 194 g/mol. The molecule has 1 N–H and O–H groups in total. The Labute approximate surface area is 94.2 Å². The summed E-state index contributed by atoms with van der Waals surface area (Å²) in [4.78, 5) is 0. The second kappa shape index (κ2) is 11.3. The van der Waals surface area contributed by atoms with E-state index in [0.717, 1.165) is 19.5 Å². The Morgan fingerprint density at radius 2 is 1.50 bits per heavy atom. The Morgan fingerprint density at radius 1 is 0.929 bits per heavy atom. The molecule has 0 unspecified atom stereocenters. The third-order valence-electron chi connectivity index (χ3n) is 2.34. The number of aliphatic hydroxyl groups is 1. The van der Waals surface area contributed by atoms with Gasteiger partial charge in [0.15, 0.2) is 0 Å². The van der Waals surface area contributed by atoms with Crippen molar-refractivity contribution < 1.29 is 5.11 Å². The van der Waals surface area contributed by atoms with Gasteiger partial charge in [0.1, 0.15) is 0 Å². The van der Waals surface area contributed by atoms with Crippen LogP contribution in [-0.4, -0.2) is 29.1 Å². The van der Waals surface area contributed by atoms with Crippen LogP contribution in [0, 0.1) is 0 Å². The fourth-order valence-electron chi connectivity index (χ4n) is 1.44. The lowest BCUT2D eigenvalue weighted by molar-refractivity contribution is 0.273. The summed E-state index contributed by atoms with van der Waals surface area (Å²) in [5.74, 6) is 0. The molecule has 0 heterocycles. The van der Waals surface area contributed by atoms with Crippen LogP contribution in [-0.2, 0) is 0 Å². The van der Waals surface area contributed by atoms with Crippen LogP contribution in [0.3, 0.4) is 0 Å². The van der Waals surface area contributed by atoms with Crippen LogP contribution in [0.1, 0.15) is 51.9 Å². The number of hydrogen-bond donors (Lipinski definition) is 2. The molecule has 0 amide bonds. The van der Waals surface area contributed by atoms with Gasteiger partial charge < -0.3 is 5.11 Å². The van der Waals surface area contributed by atoms with Crippen molar-refractivity contribution in [3.63, 3.8) is 0 Å². The summed E-state index contributed by atoms with van der Waals surface area (Å²) in [6.45, 7) is 4.46. The predicted molar refractivity (Wildman–Crippen MR) is 65.6 cm³/mol. The molecule has 0 aromatic carbocycles. The van der Waals surface area contributed by atoms with Gasteiger partial charge in [-0.15, -0.1) is 0 Å². The van der Waals surface area contributed by atoms with Crippen molar-refractivity contribution >= 4 is 12.8 Å². The lowest BCUT2D eigenvalue weighted by atomic mass is 10.1. The van der Waals surface area contributed by atoms with Crippen molar-refractivity contribution in [2.24, 2.45) is 0 Å². The molecular formula is C11H25NOS. The van der Waals surface area contributed by atoms with Crippen LogP contribution in [0.5, 0.6) is 0 Å². The molecule has 0 radical (unpaired) electrons. The number of nitrogens with zero attached hydrogens (tertiary/aromatic N) is 1. The average Bonchev–Trinajstić information content (AvgIpc) is 2.20. The summed E-state index contributed by atoms with van der Waals surface area (Å²) in [6, 6.07) is 0. The SMILES string of the molecule is CCCCCCCCN(S)CCCO. The van der Waals surface area contributed by atoms with Crippen molar-refractivity contribution in [1.29, 1.82) is 0 Å². The highest BCUT2D eigenvalue weighted by molar-refractivity contribution is 7.77. The standard InChI is InChI=1S/C11H25NOS/c1-2-3-4-5-6-7-9-12(14)10-8-11-13/h13-14H,2-11H2,1H3. The fraction of sp³-hybridized carbons (Fsp3) is 1.00. The molecule has 3 heteroatoms. The molecule has 0 spiro atoms. The van der Waals surface area contributed by atoms with Gasteiger partial charge in [-0.05, 0) is 12.8 Å². The molecule has 0 aliphatic heterocycles. The van der Waals surface area contributed by atoms with Gasteiger partial charge in [0, 0.05) is 19.7 Å². The van der Waals surface area contributed by atoms with Gasteiger partial charge >= 0.3 is 0 Å². The van der Waals surface area contributed by atoms with E-state index >= 15 is 0 Å². The second-order valence-electron chi connectivity index (χ2n) is 3.80. The Hall–Kier alpha value is 0.270. The lowest BCUT2D eigenvalue weighted by Crippen LogP contribution is -2.16. The largest absolute Gasteiger partial charge is 0.396 e. The van der Waals surface area contributed by atoms with E-state index in [1.54, 1.807) is 0 Å². The van der Waals surface area contributed by atoms with Crippen LogP contribution < -0.4 is 0 Å². The molecule has 86 valence electrons. The molecule has 0 rings (SSSR count). The van der Waals surface area contributed by atoms with Gasteiger partial charge in [0.2, 0.25) is 0 Å². The molecule has 0 saturated heterocycles. The monoisotopic (exact) mass is 219 g/mol. The van der Waals surface area contributed by atoms with Crippen molar-refractivity contribution in [3.05, 3.63) is 0 Å². The number of aliphatic hydroxyl groups excluding tert-OH is 1. The zero-order valence-electron chi connectivity index (χ0n) is 9.41. The Morgan fingerprint density at radius 3 is 2.14 bits per heavy atom. The van der Waals surface area contributed by atoms with Gasteiger partial charge in [-0.2, -0.15) is 0 Å². The molecule has 0 aliphatic rings. The van der Waals surface area contributed by atoms with Crippen LogP contribution in [0.15, 0.2) is 0 Å². The normalized spacial score (nSPS) is 11.1. The zero-order chi connectivity index (χ0) is 10.6. The minimum absolute atomic E-state index is 0.271. The Bertz CT molecular complexity index is 111. The van der Waals surface area contributed by atoms with Crippen molar-refractivity contribution in [2.45, 2.75) is 51.9 Å². The molecule has 2 nitrogen and oxygen atoms in total. The summed E-state index contributed by atoms with van der Waals surface area (Å²) in [5, 5.41) is 8.62. The summed E-state index contributed by atoms with van der Waals surface area (Å²) in [5.41, 5.74) is 0. The molecule has 0 aliphatic carbocycles. The minimum atomic E-state index is 0.271. The smallest absolute Gasteiger partial charge is 0.0443 e. The van der Waals surface area contributed by atoms with Crippen molar-refractivity contribution in [1.82, 2.24) is 4.31 Å². The van der Waals surface area contributed by atoms with E-state index in [9.17, 15) is 0 Å². The Balaban J connectivity index is 3.02. The fourth-order valence-corrected chi connectivity index (χ4v) is 1.72. The van der Waals surface area contributed by atoms with E-state index < -0.39 is 0 Å². The van der Waals surface area contributed by atoms with Gasteiger partial charge in [-0.1, -0.05) is 51.8 Å². The number of rotatable bonds is 10. The molecule has 14 heavy (non-hydrogen) atoms. The third kappa shape index (κ3) is 10.4. The topological polar surface area (TPSA) is 23.5 Å². The summed E-state index contributed by atoms with van der Waals surface area (Å²) in [7, 11) is 0. The van der Waals surface area contributed by atoms with Crippen molar-refractivity contribution in [3.8, 4) is 0 Å². The van der Waals surface area contributed by atoms with Gasteiger partial charge in [-0.3, -0.25) is 4.31 Å². The van der Waals surface area contributed by atoms with Gasteiger partial charge in [-0.25, -0.2) is 0 Å². The number of unbranched alkanes of at least 4 members (excludes halogenated alkanes) is 5. The van der Waals surface area contributed by atoms with E-state index in [1.807, 2.05) is 4.31 Å². The van der Waals surface area contributed by atoms with E-state index in [-0.39, 0.29) is 6.61 Å². The average molecular weight is 219 g/mol. The highest BCUT2D eigenvalue weighted by Gasteiger charge is 1.97. The third-order valence-corrected chi connectivity index (χ3v) is 2.74. The first kappa shape index (κ1) is 14.3. The van der Waals surface area contributed by atoms with Gasteiger partial charge in [0.25, 0.3) is 0 Å². The molecule has 0 fully saturated rings. The zero-order valence-corrected chi connectivity index (χ0v) is 10.3. The molecule has 0 aromatic heterocycles.